The molecule has 0 aliphatic carbocycles. The Morgan fingerprint density at radius 1 is 1.14 bits per heavy atom. The van der Waals surface area contributed by atoms with Gasteiger partial charge in [0.2, 0.25) is 0 Å². The molecule has 3 N–H and O–H groups in total. The summed E-state index contributed by atoms with van der Waals surface area (Å²) in [6.45, 7) is 1.64. The number of nitriles is 1. The highest BCUT2D eigenvalue weighted by Gasteiger charge is 2.36. The minimum Gasteiger partial charge on any atom is -0.465 e. The number of anilines is 4. The van der Waals surface area contributed by atoms with E-state index in [1.165, 1.54) is 30.3 Å². The smallest absolute Gasteiger partial charge is 0.407 e. The molecule has 1 aromatic heterocycles. The number of carbonyl (C=O) groups excluding carboxylic acids is 2. The maximum absolute atomic E-state index is 15.7. The van der Waals surface area contributed by atoms with Crippen molar-refractivity contribution in [3.8, 4) is 17.2 Å². The number of carbonyl (C=O) groups is 3. The first-order chi connectivity index (χ1) is 20.6. The Bertz CT molecular complexity index is 1590. The molecule has 1 aliphatic heterocycles. The number of fused-ring (bicyclic) bond motifs is 3. The van der Waals surface area contributed by atoms with Crippen LogP contribution in [-0.2, 0) is 4.74 Å². The predicted octanol–water partition coefficient (Wildman–Crippen LogP) is 5.40. The van der Waals surface area contributed by atoms with Crippen LogP contribution >= 0.6 is 11.6 Å². The van der Waals surface area contributed by atoms with Crippen LogP contribution in [0.2, 0.25) is 5.02 Å². The molecular weight excluding hydrogens is 588 g/mol. The normalized spacial score (nSPS) is 12.0. The summed E-state index contributed by atoms with van der Waals surface area (Å²) in [5, 5.41) is 24.4. The lowest BCUT2D eigenvalue weighted by Crippen LogP contribution is -2.41. The highest BCUT2D eigenvalue weighted by molar-refractivity contribution is 6.31. The Labute approximate surface area is 250 Å². The topological polar surface area (TPSA) is 151 Å². The number of pyridine rings is 1. The van der Waals surface area contributed by atoms with Crippen LogP contribution in [0.5, 0.6) is 0 Å². The Balaban J connectivity index is 1.66. The summed E-state index contributed by atoms with van der Waals surface area (Å²) in [5.41, 5.74) is 0.348. The number of ether oxygens (including phenoxy) is 1. The van der Waals surface area contributed by atoms with Crippen molar-refractivity contribution in [1.29, 1.82) is 5.26 Å². The number of halogens is 3. The van der Waals surface area contributed by atoms with Crippen molar-refractivity contribution in [1.82, 2.24) is 15.2 Å². The van der Waals surface area contributed by atoms with Gasteiger partial charge in [-0.2, -0.15) is 5.26 Å². The first-order valence-corrected chi connectivity index (χ1v) is 13.3. The second kappa shape index (κ2) is 13.2. The first kappa shape index (κ1) is 30.8. The van der Waals surface area contributed by atoms with Gasteiger partial charge in [0, 0.05) is 55.7 Å². The number of alkyl carbamates (subject to hydrolysis) is 1. The fourth-order valence-corrected chi connectivity index (χ4v) is 4.72. The number of rotatable bonds is 9. The van der Waals surface area contributed by atoms with Crippen molar-refractivity contribution in [2.24, 2.45) is 0 Å². The summed E-state index contributed by atoms with van der Waals surface area (Å²) >= 11 is 6.21. The van der Waals surface area contributed by atoms with E-state index in [9.17, 15) is 24.8 Å². The van der Waals surface area contributed by atoms with Crippen molar-refractivity contribution in [2.45, 2.75) is 6.92 Å². The van der Waals surface area contributed by atoms with Gasteiger partial charge in [-0.1, -0.05) is 17.7 Å². The Morgan fingerprint density at radius 2 is 1.84 bits per heavy atom. The molecule has 12 nitrogen and oxygen atoms in total. The standard InChI is InChI=1S/C28H26ClF2N7O5/c1-3-37-25-20(11-17(29)15-35-25)19-5-4-16(14-32)10-23(19)38(27(37)40)24-21(30)12-18(13-22(24)31)33-6-8-36(28(41)42)9-7-34-26(39)43-2/h4-5,10-13,15,33H,3,6-9H2,1-2H3,(H,34,39)(H,41,42). The molecule has 4 amide bonds. The van der Waals surface area contributed by atoms with Crippen LogP contribution in [0.1, 0.15) is 12.5 Å². The van der Waals surface area contributed by atoms with Crippen LogP contribution in [0.3, 0.4) is 0 Å². The molecule has 0 unspecified atom stereocenters. The van der Waals surface area contributed by atoms with Crippen LogP contribution < -0.4 is 20.4 Å². The fourth-order valence-electron chi connectivity index (χ4n) is 4.56. The van der Waals surface area contributed by atoms with E-state index >= 15 is 8.78 Å². The molecule has 0 fully saturated rings. The zero-order valence-corrected chi connectivity index (χ0v) is 23.8. The van der Waals surface area contributed by atoms with Crippen molar-refractivity contribution >= 4 is 52.7 Å². The van der Waals surface area contributed by atoms with E-state index in [1.54, 1.807) is 19.1 Å². The molecule has 0 spiro atoms. The molecule has 2 aromatic carbocycles. The molecule has 0 radical (unpaired) electrons. The molecule has 0 atom stereocenters. The minimum atomic E-state index is -1.26. The van der Waals surface area contributed by atoms with E-state index in [0.29, 0.717) is 11.1 Å². The zero-order chi connectivity index (χ0) is 31.3. The van der Waals surface area contributed by atoms with Gasteiger partial charge in [-0.3, -0.25) is 9.80 Å². The lowest BCUT2D eigenvalue weighted by atomic mass is 10.0. The molecular formula is C28H26ClF2N7O5. The highest BCUT2D eigenvalue weighted by atomic mass is 35.5. The molecule has 4 rings (SSSR count). The van der Waals surface area contributed by atoms with Gasteiger partial charge >= 0.3 is 18.2 Å². The van der Waals surface area contributed by atoms with E-state index < -0.39 is 35.5 Å². The molecule has 1 aliphatic rings. The largest absolute Gasteiger partial charge is 0.465 e. The summed E-state index contributed by atoms with van der Waals surface area (Å²) < 4.78 is 35.9. The third-order valence-corrected chi connectivity index (χ3v) is 6.75. The second-order valence-electron chi connectivity index (χ2n) is 9.13. The van der Waals surface area contributed by atoms with Gasteiger partial charge in [-0.25, -0.2) is 28.1 Å². The molecule has 43 heavy (non-hydrogen) atoms. The van der Waals surface area contributed by atoms with Gasteiger partial charge in [0.1, 0.15) is 11.5 Å². The van der Waals surface area contributed by atoms with Crippen molar-refractivity contribution in [3.05, 3.63) is 64.8 Å². The number of aromatic nitrogens is 1. The number of urea groups is 1. The predicted molar refractivity (Wildman–Crippen MR) is 155 cm³/mol. The van der Waals surface area contributed by atoms with Gasteiger partial charge in [0.05, 0.1) is 29.5 Å². The van der Waals surface area contributed by atoms with Gasteiger partial charge in [0.25, 0.3) is 0 Å². The third-order valence-electron chi connectivity index (χ3n) is 6.54. The minimum absolute atomic E-state index is 0.00382. The number of hydrogen-bond donors (Lipinski definition) is 3. The van der Waals surface area contributed by atoms with Crippen LogP contribution in [0.15, 0.2) is 42.6 Å². The second-order valence-corrected chi connectivity index (χ2v) is 9.57. The molecule has 0 saturated carbocycles. The molecule has 224 valence electrons. The number of benzene rings is 2. The van der Waals surface area contributed by atoms with E-state index in [2.05, 4.69) is 20.4 Å². The molecule has 3 aromatic rings. The zero-order valence-electron chi connectivity index (χ0n) is 23.0. The summed E-state index contributed by atoms with van der Waals surface area (Å²) in [5.74, 6) is -1.95. The first-order valence-electron chi connectivity index (χ1n) is 12.9. The summed E-state index contributed by atoms with van der Waals surface area (Å²) in [6.07, 6.45) is -0.610. The Hall–Kier alpha value is -5.16. The maximum Gasteiger partial charge on any atom is 0.407 e. The number of nitrogens with zero attached hydrogens (tertiary/aromatic N) is 5. The van der Waals surface area contributed by atoms with E-state index in [-0.39, 0.29) is 60.5 Å². The number of amides is 4. The Morgan fingerprint density at radius 3 is 2.47 bits per heavy atom. The number of carboxylic acid groups (broad SMARTS) is 1. The van der Waals surface area contributed by atoms with E-state index in [0.717, 1.165) is 21.9 Å². The van der Waals surface area contributed by atoms with Gasteiger partial charge < -0.3 is 25.4 Å². The summed E-state index contributed by atoms with van der Waals surface area (Å²) in [4.78, 5) is 44.0. The van der Waals surface area contributed by atoms with Crippen molar-refractivity contribution in [3.63, 3.8) is 0 Å². The monoisotopic (exact) mass is 613 g/mol. The van der Waals surface area contributed by atoms with Crippen LogP contribution in [0.25, 0.3) is 11.1 Å². The Kier molecular flexibility index (Phi) is 9.46. The van der Waals surface area contributed by atoms with Crippen molar-refractivity contribution in [2.75, 3.05) is 55.0 Å². The molecule has 2 heterocycles. The number of hydrogen-bond acceptors (Lipinski definition) is 7. The van der Waals surface area contributed by atoms with E-state index in [4.69, 9.17) is 11.6 Å². The quantitative estimate of drug-likeness (QED) is 0.290. The maximum atomic E-state index is 15.7. The van der Waals surface area contributed by atoms with Crippen molar-refractivity contribution < 1.29 is 33.0 Å². The average molecular weight is 614 g/mol. The molecule has 15 heteroatoms. The fraction of sp³-hybridized carbons (Fsp3) is 0.250. The summed E-state index contributed by atoms with van der Waals surface area (Å²) in [7, 11) is 1.18. The number of nitrogens with one attached hydrogen (secondary N) is 2. The van der Waals surface area contributed by atoms with Crippen LogP contribution in [0.4, 0.5) is 46.0 Å². The SMILES string of the molecule is CCN1C(=O)N(c2c(F)cc(NCCN(CCNC(=O)OC)C(=O)O)cc2F)c2cc(C#N)ccc2-c2cc(Cl)cnc21. The van der Waals surface area contributed by atoms with Gasteiger partial charge in [-0.15, -0.1) is 0 Å². The average Bonchev–Trinajstić information content (AvgIpc) is 3.07. The number of methoxy groups -OCH3 is 1. The summed E-state index contributed by atoms with van der Waals surface area (Å²) in [6, 6.07) is 9.15. The van der Waals surface area contributed by atoms with Crippen LogP contribution in [0, 0.1) is 23.0 Å². The lowest BCUT2D eigenvalue weighted by molar-refractivity contribution is 0.144. The molecule has 0 bridgehead atoms. The van der Waals surface area contributed by atoms with E-state index in [1.807, 2.05) is 6.07 Å². The van der Waals surface area contributed by atoms with Crippen LogP contribution in [-0.4, -0.2) is 73.0 Å². The highest BCUT2D eigenvalue weighted by Crippen LogP contribution is 2.45. The third kappa shape index (κ3) is 6.52. The lowest BCUT2D eigenvalue weighted by Gasteiger charge is -2.28. The van der Waals surface area contributed by atoms with Gasteiger partial charge in [0.15, 0.2) is 11.6 Å². The van der Waals surface area contributed by atoms with Gasteiger partial charge in [-0.05, 0) is 37.3 Å². The molecule has 0 saturated heterocycles.